The van der Waals surface area contributed by atoms with Crippen LogP contribution in [-0.4, -0.2) is 35.0 Å². The molecule has 0 unspecified atom stereocenters. The van der Waals surface area contributed by atoms with Gasteiger partial charge in [-0.25, -0.2) is 8.42 Å². The van der Waals surface area contributed by atoms with Gasteiger partial charge in [-0.05, 0) is 31.2 Å². The van der Waals surface area contributed by atoms with Crippen molar-refractivity contribution in [2.24, 2.45) is 0 Å². The second kappa shape index (κ2) is 7.35. The quantitative estimate of drug-likeness (QED) is 0.866. The molecule has 0 aliphatic carbocycles. The topological polar surface area (TPSA) is 75.7 Å². The zero-order chi connectivity index (χ0) is 17.7. The maximum atomic E-state index is 13.0. The van der Waals surface area contributed by atoms with E-state index in [0.717, 1.165) is 9.87 Å². The highest BCUT2D eigenvalue weighted by molar-refractivity contribution is 7.92. The first-order valence-electron chi connectivity index (χ1n) is 7.32. The molecule has 0 bridgehead atoms. The molecule has 0 fully saturated rings. The molecule has 0 saturated heterocycles. The molecule has 1 amide bonds. The van der Waals surface area contributed by atoms with Crippen LogP contribution in [0.3, 0.4) is 0 Å². The monoisotopic (exact) mass is 348 g/mol. The standard InChI is InChI=1S/C17H20N2O4S/c1-13-7-9-16(10-8-13)24(21,22)19(12-17(20)18-2)14-5-4-6-15(11-14)23-3/h4-11H,12H2,1-3H3,(H,18,20). The number of nitrogens with zero attached hydrogens (tertiary/aromatic N) is 1. The molecule has 0 spiro atoms. The summed E-state index contributed by atoms with van der Waals surface area (Å²) >= 11 is 0. The molecular weight excluding hydrogens is 328 g/mol. The van der Waals surface area contributed by atoms with Crippen LogP contribution in [0.2, 0.25) is 0 Å². The molecule has 2 aromatic rings. The Balaban J connectivity index is 2.52. The predicted molar refractivity (Wildman–Crippen MR) is 92.8 cm³/mol. The van der Waals surface area contributed by atoms with Crippen molar-refractivity contribution in [2.45, 2.75) is 11.8 Å². The molecule has 0 aliphatic rings. The van der Waals surface area contributed by atoms with E-state index in [2.05, 4.69) is 5.32 Å². The Labute approximate surface area is 142 Å². The third-order valence-corrected chi connectivity index (χ3v) is 5.30. The second-order valence-electron chi connectivity index (χ2n) is 5.20. The van der Waals surface area contributed by atoms with Crippen molar-refractivity contribution in [3.63, 3.8) is 0 Å². The van der Waals surface area contributed by atoms with Gasteiger partial charge in [-0.15, -0.1) is 0 Å². The number of methoxy groups -OCH3 is 1. The summed E-state index contributed by atoms with van der Waals surface area (Å²) in [6, 6.07) is 13.1. The molecule has 0 atom stereocenters. The van der Waals surface area contributed by atoms with E-state index in [1.54, 1.807) is 36.4 Å². The number of aryl methyl sites for hydroxylation is 1. The Kier molecular flexibility index (Phi) is 5.46. The maximum absolute atomic E-state index is 13.0. The number of hydrogen-bond acceptors (Lipinski definition) is 4. The first-order chi connectivity index (χ1) is 11.4. The lowest BCUT2D eigenvalue weighted by Gasteiger charge is -2.24. The fraction of sp³-hybridized carbons (Fsp3) is 0.235. The van der Waals surface area contributed by atoms with E-state index in [9.17, 15) is 13.2 Å². The first-order valence-corrected chi connectivity index (χ1v) is 8.76. The SMILES string of the molecule is CNC(=O)CN(c1cccc(OC)c1)S(=O)(=O)c1ccc(C)cc1. The molecule has 128 valence electrons. The summed E-state index contributed by atoms with van der Waals surface area (Å²) in [6.45, 7) is 1.56. The predicted octanol–water partition coefficient (Wildman–Crippen LogP) is 1.94. The van der Waals surface area contributed by atoms with Crippen LogP contribution in [0.25, 0.3) is 0 Å². The van der Waals surface area contributed by atoms with Crippen molar-refractivity contribution in [3.8, 4) is 5.75 Å². The smallest absolute Gasteiger partial charge is 0.264 e. The van der Waals surface area contributed by atoms with Gasteiger partial charge in [-0.2, -0.15) is 0 Å². The Morgan fingerprint density at radius 3 is 2.42 bits per heavy atom. The van der Waals surface area contributed by atoms with Crippen molar-refractivity contribution >= 4 is 21.6 Å². The fourth-order valence-electron chi connectivity index (χ4n) is 2.13. The molecule has 7 heteroatoms. The van der Waals surface area contributed by atoms with Crippen molar-refractivity contribution in [1.29, 1.82) is 0 Å². The van der Waals surface area contributed by atoms with Crippen LogP contribution in [-0.2, 0) is 14.8 Å². The molecule has 2 aromatic carbocycles. The number of hydrogen-bond donors (Lipinski definition) is 1. The number of carbonyl (C=O) groups excluding carboxylic acids is 1. The summed E-state index contributed by atoms with van der Waals surface area (Å²) in [7, 11) is -0.924. The van der Waals surface area contributed by atoms with Gasteiger partial charge in [0.15, 0.2) is 0 Å². The van der Waals surface area contributed by atoms with Gasteiger partial charge in [0, 0.05) is 13.1 Å². The lowest BCUT2D eigenvalue weighted by atomic mass is 10.2. The van der Waals surface area contributed by atoms with Gasteiger partial charge >= 0.3 is 0 Å². The minimum Gasteiger partial charge on any atom is -0.497 e. The third-order valence-electron chi connectivity index (χ3n) is 3.52. The van der Waals surface area contributed by atoms with Crippen LogP contribution >= 0.6 is 0 Å². The number of anilines is 1. The van der Waals surface area contributed by atoms with Gasteiger partial charge < -0.3 is 10.1 Å². The molecule has 0 aliphatic heterocycles. The van der Waals surface area contributed by atoms with E-state index in [0.29, 0.717) is 11.4 Å². The summed E-state index contributed by atoms with van der Waals surface area (Å²) in [5.74, 6) is 0.0991. The molecule has 0 radical (unpaired) electrons. The van der Waals surface area contributed by atoms with Gasteiger partial charge in [0.25, 0.3) is 10.0 Å². The van der Waals surface area contributed by atoms with Crippen molar-refractivity contribution in [2.75, 3.05) is 25.0 Å². The number of rotatable bonds is 6. The Morgan fingerprint density at radius 1 is 1.17 bits per heavy atom. The zero-order valence-corrected chi connectivity index (χ0v) is 14.6. The number of ether oxygens (including phenoxy) is 1. The Morgan fingerprint density at radius 2 is 1.83 bits per heavy atom. The van der Waals surface area contributed by atoms with Gasteiger partial charge in [0.05, 0.1) is 17.7 Å². The van der Waals surface area contributed by atoms with Gasteiger partial charge in [0.2, 0.25) is 5.91 Å². The van der Waals surface area contributed by atoms with Gasteiger partial charge in [-0.3, -0.25) is 9.10 Å². The fourth-order valence-corrected chi connectivity index (χ4v) is 3.54. The number of sulfonamides is 1. The van der Waals surface area contributed by atoms with E-state index in [1.807, 2.05) is 6.92 Å². The summed E-state index contributed by atoms with van der Waals surface area (Å²) in [5, 5.41) is 2.45. The summed E-state index contributed by atoms with van der Waals surface area (Å²) in [5.41, 5.74) is 1.31. The number of amides is 1. The Bertz CT molecular complexity index is 817. The van der Waals surface area contributed by atoms with E-state index in [4.69, 9.17) is 4.74 Å². The highest BCUT2D eigenvalue weighted by atomic mass is 32.2. The molecule has 2 rings (SSSR count). The second-order valence-corrected chi connectivity index (χ2v) is 7.06. The highest BCUT2D eigenvalue weighted by Gasteiger charge is 2.27. The first kappa shape index (κ1) is 17.8. The minimum atomic E-state index is -3.88. The van der Waals surface area contributed by atoms with E-state index in [-0.39, 0.29) is 11.4 Å². The number of carbonyl (C=O) groups is 1. The van der Waals surface area contributed by atoms with Crippen LogP contribution in [0.1, 0.15) is 5.56 Å². The van der Waals surface area contributed by atoms with Gasteiger partial charge in [0.1, 0.15) is 12.3 Å². The van der Waals surface area contributed by atoms with Crippen LogP contribution in [0.4, 0.5) is 5.69 Å². The molecule has 24 heavy (non-hydrogen) atoms. The normalized spacial score (nSPS) is 11.0. The minimum absolute atomic E-state index is 0.125. The average molecular weight is 348 g/mol. The number of benzene rings is 2. The van der Waals surface area contributed by atoms with Crippen molar-refractivity contribution in [1.82, 2.24) is 5.32 Å². The third kappa shape index (κ3) is 3.86. The molecule has 0 aromatic heterocycles. The molecule has 1 N–H and O–H groups in total. The van der Waals surface area contributed by atoms with Gasteiger partial charge in [-0.1, -0.05) is 23.8 Å². The maximum Gasteiger partial charge on any atom is 0.264 e. The average Bonchev–Trinajstić information content (AvgIpc) is 2.59. The summed E-state index contributed by atoms with van der Waals surface area (Å²) in [4.78, 5) is 12.0. The molecule has 6 nitrogen and oxygen atoms in total. The number of nitrogens with one attached hydrogen (secondary N) is 1. The van der Waals surface area contributed by atoms with Crippen LogP contribution in [0.15, 0.2) is 53.4 Å². The number of likely N-dealkylation sites (N-methyl/N-ethyl adjacent to an activating group) is 1. The molecule has 0 heterocycles. The van der Waals surface area contributed by atoms with Crippen LogP contribution in [0.5, 0.6) is 5.75 Å². The van der Waals surface area contributed by atoms with Crippen LogP contribution < -0.4 is 14.4 Å². The van der Waals surface area contributed by atoms with Crippen molar-refractivity contribution < 1.29 is 17.9 Å². The van der Waals surface area contributed by atoms with E-state index in [1.165, 1.54) is 26.3 Å². The zero-order valence-electron chi connectivity index (χ0n) is 13.8. The van der Waals surface area contributed by atoms with E-state index >= 15 is 0 Å². The lowest BCUT2D eigenvalue weighted by Crippen LogP contribution is -2.39. The molecular formula is C17H20N2O4S. The summed E-state index contributed by atoms with van der Waals surface area (Å²) in [6.07, 6.45) is 0. The summed E-state index contributed by atoms with van der Waals surface area (Å²) < 4.78 is 32.2. The Hall–Kier alpha value is -2.54. The highest BCUT2D eigenvalue weighted by Crippen LogP contribution is 2.27. The van der Waals surface area contributed by atoms with Crippen molar-refractivity contribution in [3.05, 3.63) is 54.1 Å². The lowest BCUT2D eigenvalue weighted by molar-refractivity contribution is -0.119. The van der Waals surface area contributed by atoms with E-state index < -0.39 is 15.9 Å². The molecule has 0 saturated carbocycles. The largest absolute Gasteiger partial charge is 0.497 e. The van der Waals surface area contributed by atoms with Crippen LogP contribution in [0, 0.1) is 6.92 Å².